The van der Waals surface area contributed by atoms with Gasteiger partial charge in [0.2, 0.25) is 11.8 Å². The van der Waals surface area contributed by atoms with E-state index in [0.717, 1.165) is 19.3 Å². The van der Waals surface area contributed by atoms with Crippen LogP contribution < -0.4 is 5.32 Å². The van der Waals surface area contributed by atoms with Crippen molar-refractivity contribution in [3.8, 4) is 0 Å². The molecule has 2 fully saturated rings. The summed E-state index contributed by atoms with van der Waals surface area (Å²) in [4.78, 5) is 36.8. The highest BCUT2D eigenvalue weighted by Crippen LogP contribution is 2.30. The van der Waals surface area contributed by atoms with Crippen molar-refractivity contribution < 1.29 is 19.5 Å². The van der Waals surface area contributed by atoms with Crippen molar-refractivity contribution in [2.24, 2.45) is 5.92 Å². The number of nitrogens with one attached hydrogen (secondary N) is 1. The van der Waals surface area contributed by atoms with E-state index in [1.54, 1.807) is 4.90 Å². The molecule has 0 aromatic carbocycles. The predicted octanol–water partition coefficient (Wildman–Crippen LogP) is 0.758. The maximum atomic E-state index is 12.3. The van der Waals surface area contributed by atoms with Crippen molar-refractivity contribution in [3.05, 3.63) is 0 Å². The SMILES string of the molecule is CC(=O)N1CCCC(C(=O)NC2(C(=O)O)CCCC2)C1. The molecule has 6 heteroatoms. The molecule has 1 unspecified atom stereocenters. The molecule has 0 radical (unpaired) electrons. The average Bonchev–Trinajstić information content (AvgIpc) is 2.88. The van der Waals surface area contributed by atoms with Crippen LogP contribution in [0.3, 0.4) is 0 Å². The summed E-state index contributed by atoms with van der Waals surface area (Å²) in [6.45, 7) is 2.58. The molecular weight excluding hydrogens is 260 g/mol. The molecule has 1 aliphatic carbocycles. The first-order chi connectivity index (χ1) is 9.44. The molecule has 2 amide bonds. The summed E-state index contributed by atoms with van der Waals surface area (Å²) < 4.78 is 0. The van der Waals surface area contributed by atoms with Gasteiger partial charge in [-0.2, -0.15) is 0 Å². The van der Waals surface area contributed by atoms with Crippen molar-refractivity contribution in [2.45, 2.75) is 51.0 Å². The van der Waals surface area contributed by atoms with E-state index in [4.69, 9.17) is 0 Å². The number of hydrogen-bond acceptors (Lipinski definition) is 3. The molecule has 2 aliphatic rings. The molecule has 0 bridgehead atoms. The van der Waals surface area contributed by atoms with Crippen molar-refractivity contribution in [1.29, 1.82) is 0 Å². The number of carbonyl (C=O) groups excluding carboxylic acids is 2. The molecule has 1 saturated carbocycles. The Morgan fingerprint density at radius 1 is 1.20 bits per heavy atom. The Balaban J connectivity index is 2.00. The number of piperidine rings is 1. The Bertz CT molecular complexity index is 415. The molecule has 1 heterocycles. The second-order valence-corrected chi connectivity index (χ2v) is 5.89. The van der Waals surface area contributed by atoms with Gasteiger partial charge in [-0.1, -0.05) is 12.8 Å². The highest BCUT2D eigenvalue weighted by Gasteiger charge is 2.44. The van der Waals surface area contributed by atoms with Crippen LogP contribution in [0.2, 0.25) is 0 Å². The van der Waals surface area contributed by atoms with Gasteiger partial charge in [-0.15, -0.1) is 0 Å². The van der Waals surface area contributed by atoms with E-state index in [-0.39, 0.29) is 17.7 Å². The first-order valence-electron chi connectivity index (χ1n) is 7.25. The lowest BCUT2D eigenvalue weighted by molar-refractivity contribution is -0.149. The minimum absolute atomic E-state index is 0.0312. The number of carboxylic acids is 1. The van der Waals surface area contributed by atoms with Gasteiger partial charge < -0.3 is 15.3 Å². The molecule has 112 valence electrons. The number of likely N-dealkylation sites (tertiary alicyclic amines) is 1. The summed E-state index contributed by atoms with van der Waals surface area (Å²) in [5.41, 5.74) is -1.09. The summed E-state index contributed by atoms with van der Waals surface area (Å²) in [7, 11) is 0. The number of amides is 2. The predicted molar refractivity (Wildman–Crippen MR) is 72.0 cm³/mol. The first-order valence-corrected chi connectivity index (χ1v) is 7.25. The van der Waals surface area contributed by atoms with E-state index in [9.17, 15) is 19.5 Å². The van der Waals surface area contributed by atoms with Crippen molar-refractivity contribution in [2.75, 3.05) is 13.1 Å². The molecule has 2 rings (SSSR count). The van der Waals surface area contributed by atoms with Crippen molar-refractivity contribution in [3.63, 3.8) is 0 Å². The van der Waals surface area contributed by atoms with E-state index < -0.39 is 11.5 Å². The third-order valence-electron chi connectivity index (χ3n) is 4.47. The summed E-state index contributed by atoms with van der Waals surface area (Å²) in [5.74, 6) is -1.48. The Kier molecular flexibility index (Phi) is 4.30. The number of rotatable bonds is 3. The molecule has 1 aliphatic heterocycles. The molecule has 20 heavy (non-hydrogen) atoms. The molecule has 1 atom stereocenters. The number of nitrogens with zero attached hydrogens (tertiary/aromatic N) is 1. The fourth-order valence-electron chi connectivity index (χ4n) is 3.19. The number of aliphatic carboxylic acids is 1. The van der Waals surface area contributed by atoms with Crippen LogP contribution in [0.4, 0.5) is 0 Å². The number of carbonyl (C=O) groups is 3. The molecule has 0 aromatic heterocycles. The van der Waals surface area contributed by atoms with E-state index in [1.165, 1.54) is 6.92 Å². The number of carboxylic acid groups (broad SMARTS) is 1. The Hall–Kier alpha value is -1.59. The van der Waals surface area contributed by atoms with Gasteiger partial charge in [0, 0.05) is 20.0 Å². The molecule has 0 spiro atoms. The Morgan fingerprint density at radius 2 is 1.85 bits per heavy atom. The lowest BCUT2D eigenvalue weighted by Crippen LogP contribution is -2.56. The maximum Gasteiger partial charge on any atom is 0.329 e. The zero-order chi connectivity index (χ0) is 14.8. The van der Waals surface area contributed by atoms with E-state index in [1.807, 2.05) is 0 Å². The zero-order valence-electron chi connectivity index (χ0n) is 11.9. The molecule has 1 saturated heterocycles. The van der Waals surface area contributed by atoms with Crippen molar-refractivity contribution >= 4 is 17.8 Å². The van der Waals surface area contributed by atoms with Gasteiger partial charge in [0.15, 0.2) is 0 Å². The van der Waals surface area contributed by atoms with Gasteiger partial charge in [-0.25, -0.2) is 4.79 Å². The Morgan fingerprint density at radius 3 is 2.40 bits per heavy atom. The normalized spacial score (nSPS) is 25.2. The van der Waals surface area contributed by atoms with Crippen LogP contribution in [-0.2, 0) is 14.4 Å². The van der Waals surface area contributed by atoms with Gasteiger partial charge in [0.1, 0.15) is 5.54 Å². The third-order valence-corrected chi connectivity index (χ3v) is 4.47. The van der Waals surface area contributed by atoms with Gasteiger partial charge in [-0.05, 0) is 25.7 Å². The van der Waals surface area contributed by atoms with Crippen LogP contribution in [-0.4, -0.2) is 46.4 Å². The highest BCUT2D eigenvalue weighted by molar-refractivity contribution is 5.88. The van der Waals surface area contributed by atoms with Crippen LogP contribution >= 0.6 is 0 Å². The van der Waals surface area contributed by atoms with Crippen LogP contribution in [0.1, 0.15) is 45.4 Å². The van der Waals surface area contributed by atoms with E-state index >= 15 is 0 Å². The second kappa shape index (κ2) is 5.81. The fraction of sp³-hybridized carbons (Fsp3) is 0.786. The quantitative estimate of drug-likeness (QED) is 0.800. The standard InChI is InChI=1S/C14H22N2O4/c1-10(17)16-8-4-5-11(9-16)12(18)15-14(13(19)20)6-2-3-7-14/h11H,2-9H2,1H3,(H,15,18)(H,19,20). The zero-order valence-corrected chi connectivity index (χ0v) is 11.9. The van der Waals surface area contributed by atoms with Gasteiger partial charge in [0.25, 0.3) is 0 Å². The minimum atomic E-state index is -1.09. The van der Waals surface area contributed by atoms with Crippen LogP contribution in [0, 0.1) is 5.92 Å². The fourth-order valence-corrected chi connectivity index (χ4v) is 3.19. The van der Waals surface area contributed by atoms with Gasteiger partial charge >= 0.3 is 5.97 Å². The average molecular weight is 282 g/mol. The van der Waals surface area contributed by atoms with Crippen LogP contribution in [0.5, 0.6) is 0 Å². The molecule has 6 nitrogen and oxygen atoms in total. The molecular formula is C14H22N2O4. The van der Waals surface area contributed by atoms with Crippen LogP contribution in [0.25, 0.3) is 0 Å². The highest BCUT2D eigenvalue weighted by atomic mass is 16.4. The number of hydrogen-bond donors (Lipinski definition) is 2. The summed E-state index contributed by atoms with van der Waals surface area (Å²) >= 11 is 0. The maximum absolute atomic E-state index is 12.3. The third kappa shape index (κ3) is 2.94. The minimum Gasteiger partial charge on any atom is -0.480 e. The smallest absolute Gasteiger partial charge is 0.329 e. The monoisotopic (exact) mass is 282 g/mol. The van der Waals surface area contributed by atoms with Gasteiger partial charge in [0.05, 0.1) is 5.92 Å². The second-order valence-electron chi connectivity index (χ2n) is 5.89. The van der Waals surface area contributed by atoms with E-state index in [2.05, 4.69) is 5.32 Å². The Labute approximate surface area is 118 Å². The van der Waals surface area contributed by atoms with E-state index in [0.29, 0.717) is 32.4 Å². The lowest BCUT2D eigenvalue weighted by Gasteiger charge is -2.34. The largest absolute Gasteiger partial charge is 0.480 e. The lowest BCUT2D eigenvalue weighted by atomic mass is 9.93. The summed E-state index contributed by atoms with van der Waals surface area (Å²) in [5, 5.41) is 12.1. The first kappa shape index (κ1) is 14.8. The molecule has 0 aromatic rings. The summed E-state index contributed by atoms with van der Waals surface area (Å²) in [6.07, 6.45) is 4.16. The summed E-state index contributed by atoms with van der Waals surface area (Å²) in [6, 6.07) is 0. The molecule has 2 N–H and O–H groups in total. The topological polar surface area (TPSA) is 86.7 Å². The van der Waals surface area contributed by atoms with Crippen molar-refractivity contribution in [1.82, 2.24) is 10.2 Å². The van der Waals surface area contributed by atoms with Gasteiger partial charge in [-0.3, -0.25) is 9.59 Å². The van der Waals surface area contributed by atoms with Crippen LogP contribution in [0.15, 0.2) is 0 Å².